The van der Waals surface area contributed by atoms with E-state index in [4.69, 9.17) is 26.4 Å². The molecule has 3 atom stereocenters. The second-order valence-corrected chi connectivity index (χ2v) is 6.58. The third-order valence-corrected chi connectivity index (χ3v) is 5.57. The lowest BCUT2D eigenvalue weighted by molar-refractivity contribution is 0.173. The summed E-state index contributed by atoms with van der Waals surface area (Å²) in [4.78, 5) is 3.88. The number of hydrogen-bond acceptors (Lipinski definition) is 3. The summed E-state index contributed by atoms with van der Waals surface area (Å²) in [7, 11) is 0. The lowest BCUT2D eigenvalue weighted by atomic mass is 9.68. The molecule has 0 amide bonds. The molecule has 0 radical (unpaired) electrons. The lowest BCUT2D eigenvalue weighted by Crippen LogP contribution is -2.42. The predicted molar refractivity (Wildman–Crippen MR) is 82.9 cm³/mol. The quantitative estimate of drug-likeness (QED) is 0.607. The van der Waals surface area contributed by atoms with E-state index in [1.54, 1.807) is 0 Å². The molecule has 1 aromatic carbocycles. The predicted octanol–water partition coefficient (Wildman–Crippen LogP) is 4.15. The van der Waals surface area contributed by atoms with Crippen LogP contribution in [-0.2, 0) is 11.4 Å². The molecule has 2 fully saturated rings. The Labute approximate surface area is 134 Å². The summed E-state index contributed by atoms with van der Waals surface area (Å²) in [6.07, 6.45) is 4.07. The van der Waals surface area contributed by atoms with E-state index < -0.39 is 5.54 Å². The number of benzene rings is 1. The number of fused-ring (bicyclic) bond motifs is 2. The van der Waals surface area contributed by atoms with E-state index in [1.165, 1.54) is 0 Å². The molecule has 1 saturated heterocycles. The molecule has 1 saturated carbocycles. The van der Waals surface area contributed by atoms with Crippen LogP contribution in [0.5, 0.6) is 11.5 Å². The fourth-order valence-electron chi connectivity index (χ4n) is 4.27. The molecule has 5 nitrogen and oxygen atoms in total. The Hall–Kier alpha value is -1.51. The van der Waals surface area contributed by atoms with Gasteiger partial charge in [-0.05, 0) is 30.2 Å². The molecule has 0 N–H and O–H groups in total. The smallest absolute Gasteiger partial charge is 0.332 e. The van der Waals surface area contributed by atoms with Crippen LogP contribution in [0.1, 0.15) is 36.8 Å². The van der Waals surface area contributed by atoms with E-state index >= 15 is 0 Å². The zero-order valence-electron chi connectivity index (χ0n) is 12.3. The van der Waals surface area contributed by atoms with Crippen molar-refractivity contribution in [3.05, 3.63) is 33.6 Å². The minimum Gasteiger partial charge on any atom is -0.652 e. The zero-order valence-corrected chi connectivity index (χ0v) is 13.1. The van der Waals surface area contributed by atoms with Gasteiger partial charge < -0.3 is 14.8 Å². The van der Waals surface area contributed by atoms with E-state index in [9.17, 15) is 5.39 Å². The first-order chi connectivity index (χ1) is 10.8. The largest absolute Gasteiger partial charge is 0.652 e. The Morgan fingerprint density at radius 2 is 2.14 bits per heavy atom. The Bertz CT molecular complexity index is 645. The summed E-state index contributed by atoms with van der Waals surface area (Å²) in [6.45, 7) is 1.08. The molecule has 0 bridgehead atoms. The van der Waals surface area contributed by atoms with Gasteiger partial charge in [-0.15, -0.1) is 18.1 Å². The van der Waals surface area contributed by atoms with Crippen LogP contribution >= 0.6 is 11.6 Å². The van der Waals surface area contributed by atoms with Crippen LogP contribution in [0.25, 0.3) is 10.3 Å². The van der Waals surface area contributed by atoms with Gasteiger partial charge >= 0.3 is 5.54 Å². The van der Waals surface area contributed by atoms with Crippen molar-refractivity contribution in [3.8, 4) is 11.5 Å². The SMILES string of the molecule is N#[N+][C@]1(c2cc3c(cc2CCl)OCO3)CCC[C@@H]2CC[N-][C@@H]21. The first-order valence-electron chi connectivity index (χ1n) is 7.80. The third-order valence-electron chi connectivity index (χ3n) is 5.28. The van der Waals surface area contributed by atoms with Crippen LogP contribution in [0.15, 0.2) is 12.1 Å². The van der Waals surface area contributed by atoms with Gasteiger partial charge in [-0.3, -0.25) is 0 Å². The van der Waals surface area contributed by atoms with Gasteiger partial charge in [0.25, 0.3) is 0 Å². The van der Waals surface area contributed by atoms with E-state index in [0.29, 0.717) is 23.3 Å². The number of halogens is 1. The monoisotopic (exact) mass is 319 g/mol. The molecule has 22 heavy (non-hydrogen) atoms. The van der Waals surface area contributed by atoms with E-state index in [0.717, 1.165) is 43.4 Å². The molecular weight excluding hydrogens is 302 g/mol. The first-order valence-corrected chi connectivity index (χ1v) is 8.34. The fraction of sp³-hybridized carbons (Fsp3) is 0.625. The number of rotatable bonds is 2. The van der Waals surface area contributed by atoms with Crippen molar-refractivity contribution in [1.82, 2.24) is 0 Å². The van der Waals surface area contributed by atoms with E-state index in [1.807, 2.05) is 12.1 Å². The van der Waals surface area contributed by atoms with Crippen molar-refractivity contribution in [2.45, 2.75) is 43.1 Å². The molecule has 0 aromatic heterocycles. The number of alkyl halides is 1. The average molecular weight is 320 g/mol. The first kappa shape index (κ1) is 14.1. The molecule has 1 aliphatic carbocycles. The highest BCUT2D eigenvalue weighted by molar-refractivity contribution is 6.17. The second kappa shape index (κ2) is 5.29. The van der Waals surface area contributed by atoms with Gasteiger partial charge in [-0.2, -0.15) is 0 Å². The van der Waals surface area contributed by atoms with Crippen molar-refractivity contribution in [1.29, 1.82) is 5.39 Å². The summed E-state index contributed by atoms with van der Waals surface area (Å²) in [5.74, 6) is 2.26. The highest BCUT2D eigenvalue weighted by atomic mass is 35.5. The Morgan fingerprint density at radius 1 is 1.32 bits per heavy atom. The van der Waals surface area contributed by atoms with Gasteiger partial charge in [0, 0.05) is 12.3 Å². The Kier molecular flexibility index (Phi) is 3.39. The van der Waals surface area contributed by atoms with Gasteiger partial charge in [0.15, 0.2) is 11.5 Å². The molecule has 0 spiro atoms. The average Bonchev–Trinajstić information content (AvgIpc) is 3.21. The molecule has 0 unspecified atom stereocenters. The number of hydrogen-bond donors (Lipinski definition) is 0. The van der Waals surface area contributed by atoms with Crippen LogP contribution < -0.4 is 9.47 Å². The molecule has 116 valence electrons. The molecule has 1 aromatic rings. The lowest BCUT2D eigenvalue weighted by Gasteiger charge is -2.39. The minimum atomic E-state index is -0.690. The summed E-state index contributed by atoms with van der Waals surface area (Å²) >= 11 is 6.16. The molecule has 2 aliphatic heterocycles. The summed E-state index contributed by atoms with van der Waals surface area (Å²) in [5, 5.41) is 14.7. The van der Waals surface area contributed by atoms with E-state index in [-0.39, 0.29) is 12.8 Å². The van der Waals surface area contributed by atoms with Crippen LogP contribution in [0, 0.1) is 11.3 Å². The molecule has 4 rings (SSSR count). The summed E-state index contributed by atoms with van der Waals surface area (Å²) in [6, 6.07) is 3.89. The Morgan fingerprint density at radius 3 is 2.91 bits per heavy atom. The van der Waals surface area contributed by atoms with Gasteiger partial charge in [0.05, 0.1) is 5.56 Å². The minimum absolute atomic E-state index is 0.0357. The molecule has 3 aliphatic rings. The van der Waals surface area contributed by atoms with E-state index in [2.05, 4.69) is 4.98 Å². The third kappa shape index (κ3) is 1.90. The van der Waals surface area contributed by atoms with Gasteiger partial charge in [0.1, 0.15) is 4.98 Å². The van der Waals surface area contributed by atoms with Crippen molar-refractivity contribution in [2.24, 2.45) is 5.92 Å². The standard InChI is InChI=1S/C16H18ClN3O2/c17-8-11-6-13-14(22-9-21-13)7-12(11)16(20-18)4-1-2-10-3-5-19-15(10)16/h6-7,10,15H,1-5,8-9H2/t10-,15+,16+/m1/s1. The highest BCUT2D eigenvalue weighted by Gasteiger charge is 2.55. The van der Waals surface area contributed by atoms with Gasteiger partial charge in [-0.1, -0.05) is 18.8 Å². The normalized spacial score (nSPS) is 32.5. The van der Waals surface area contributed by atoms with Crippen molar-refractivity contribution >= 4 is 11.6 Å². The second-order valence-electron chi connectivity index (χ2n) is 6.31. The van der Waals surface area contributed by atoms with Crippen molar-refractivity contribution < 1.29 is 9.47 Å². The van der Waals surface area contributed by atoms with Gasteiger partial charge in [-0.25, -0.2) is 0 Å². The maximum absolute atomic E-state index is 9.96. The van der Waals surface area contributed by atoms with Gasteiger partial charge in [0.2, 0.25) is 12.2 Å². The van der Waals surface area contributed by atoms with Crippen LogP contribution in [0.2, 0.25) is 0 Å². The summed E-state index contributed by atoms with van der Waals surface area (Å²) < 4.78 is 11.0. The number of nitrogens with zero attached hydrogens (tertiary/aromatic N) is 3. The van der Waals surface area contributed by atoms with Crippen LogP contribution in [-0.4, -0.2) is 19.4 Å². The topological polar surface area (TPSA) is 60.7 Å². The maximum Gasteiger partial charge on any atom is 0.332 e. The number of ether oxygens (including phenoxy) is 2. The van der Waals surface area contributed by atoms with Crippen LogP contribution in [0.3, 0.4) is 0 Å². The maximum atomic E-state index is 9.96. The van der Waals surface area contributed by atoms with Crippen molar-refractivity contribution in [2.75, 3.05) is 13.3 Å². The Balaban J connectivity index is 1.86. The zero-order chi connectivity index (χ0) is 15.2. The highest BCUT2D eigenvalue weighted by Crippen LogP contribution is 2.53. The van der Waals surface area contributed by atoms with Crippen molar-refractivity contribution in [3.63, 3.8) is 0 Å². The van der Waals surface area contributed by atoms with Crippen LogP contribution in [0.4, 0.5) is 0 Å². The molecular formula is C16H18ClN3O2. The molecule has 6 heteroatoms. The number of diazo groups is 1. The summed E-state index contributed by atoms with van der Waals surface area (Å²) in [5.41, 5.74) is 1.19. The fourth-order valence-corrected chi connectivity index (χ4v) is 4.49. The molecule has 2 heterocycles.